The third kappa shape index (κ3) is 2.06. The maximum Gasteiger partial charge on any atom is 0.0991 e. The summed E-state index contributed by atoms with van der Waals surface area (Å²) in [5, 5.41) is 0. The first-order valence-corrected chi connectivity index (χ1v) is 6.47. The maximum absolute atomic E-state index is 6.11. The van der Waals surface area contributed by atoms with Gasteiger partial charge in [0.25, 0.3) is 0 Å². The van der Waals surface area contributed by atoms with E-state index in [1.165, 1.54) is 19.3 Å². The van der Waals surface area contributed by atoms with Gasteiger partial charge in [0.15, 0.2) is 0 Å². The Labute approximate surface area is 107 Å². The van der Waals surface area contributed by atoms with Crippen molar-refractivity contribution in [3.8, 4) is 5.69 Å². The summed E-state index contributed by atoms with van der Waals surface area (Å²) < 4.78 is 2.01. The van der Waals surface area contributed by atoms with Crippen LogP contribution in [-0.4, -0.2) is 22.6 Å². The monoisotopic (exact) mass is 242 g/mol. The van der Waals surface area contributed by atoms with Crippen molar-refractivity contribution in [2.24, 2.45) is 0 Å². The lowest BCUT2D eigenvalue weighted by Gasteiger charge is -2.30. The highest BCUT2D eigenvalue weighted by molar-refractivity contribution is 5.70. The Bertz CT molecular complexity index is 513. The first-order chi connectivity index (χ1) is 8.84. The van der Waals surface area contributed by atoms with E-state index in [1.54, 1.807) is 6.20 Å². The molecular weight excluding hydrogens is 224 g/mol. The standard InChI is InChI=1S/C14H18N4/c15-13-5-4-12(18-9-6-16-11-18)10-14(13)17-7-2-1-3-8-17/h4-6,9-11H,1-3,7-8,15H2. The summed E-state index contributed by atoms with van der Waals surface area (Å²) in [6.07, 6.45) is 9.40. The van der Waals surface area contributed by atoms with Gasteiger partial charge in [-0.3, -0.25) is 0 Å². The van der Waals surface area contributed by atoms with Gasteiger partial charge in [-0.2, -0.15) is 0 Å². The second-order valence-corrected chi connectivity index (χ2v) is 4.76. The van der Waals surface area contributed by atoms with Gasteiger partial charge in [0.2, 0.25) is 0 Å². The molecule has 0 radical (unpaired) electrons. The van der Waals surface area contributed by atoms with E-state index < -0.39 is 0 Å². The first kappa shape index (κ1) is 11.1. The van der Waals surface area contributed by atoms with Crippen molar-refractivity contribution < 1.29 is 0 Å². The molecular formula is C14H18N4. The molecule has 2 aromatic rings. The van der Waals surface area contributed by atoms with Gasteiger partial charge in [-0.15, -0.1) is 0 Å². The molecule has 0 spiro atoms. The molecule has 1 aliphatic heterocycles. The van der Waals surface area contributed by atoms with Crippen LogP contribution in [0.5, 0.6) is 0 Å². The van der Waals surface area contributed by atoms with Crippen LogP contribution in [0.25, 0.3) is 5.69 Å². The lowest BCUT2D eigenvalue weighted by molar-refractivity contribution is 0.578. The zero-order valence-corrected chi connectivity index (χ0v) is 10.4. The van der Waals surface area contributed by atoms with Crippen molar-refractivity contribution in [3.05, 3.63) is 36.9 Å². The normalized spacial score (nSPS) is 15.9. The van der Waals surface area contributed by atoms with Crippen LogP contribution in [0.3, 0.4) is 0 Å². The number of hydrogen-bond donors (Lipinski definition) is 1. The number of nitrogen functional groups attached to an aromatic ring is 1. The number of aromatic nitrogens is 2. The second-order valence-electron chi connectivity index (χ2n) is 4.76. The lowest BCUT2D eigenvalue weighted by Crippen LogP contribution is -2.30. The van der Waals surface area contributed by atoms with Gasteiger partial charge in [0.05, 0.1) is 17.7 Å². The minimum absolute atomic E-state index is 0.862. The summed E-state index contributed by atoms with van der Waals surface area (Å²) in [5.74, 6) is 0. The number of anilines is 2. The van der Waals surface area contributed by atoms with E-state index in [4.69, 9.17) is 5.73 Å². The van der Waals surface area contributed by atoms with E-state index in [0.29, 0.717) is 0 Å². The molecule has 0 atom stereocenters. The minimum atomic E-state index is 0.862. The number of piperidine rings is 1. The molecule has 2 N–H and O–H groups in total. The fourth-order valence-corrected chi connectivity index (χ4v) is 2.51. The van der Waals surface area contributed by atoms with E-state index in [1.807, 2.05) is 29.2 Å². The SMILES string of the molecule is Nc1ccc(-n2ccnc2)cc1N1CCCCC1. The Balaban J connectivity index is 1.95. The van der Waals surface area contributed by atoms with Gasteiger partial charge < -0.3 is 15.2 Å². The molecule has 2 heterocycles. The zero-order chi connectivity index (χ0) is 12.4. The Hall–Kier alpha value is -1.97. The largest absolute Gasteiger partial charge is 0.397 e. The number of nitrogens with zero attached hydrogens (tertiary/aromatic N) is 3. The molecule has 0 amide bonds. The van der Waals surface area contributed by atoms with E-state index in [9.17, 15) is 0 Å². The van der Waals surface area contributed by atoms with Gasteiger partial charge in [-0.1, -0.05) is 0 Å². The van der Waals surface area contributed by atoms with Crippen LogP contribution < -0.4 is 10.6 Å². The predicted octanol–water partition coefficient (Wildman–Crippen LogP) is 2.44. The van der Waals surface area contributed by atoms with E-state index in [0.717, 1.165) is 30.2 Å². The molecule has 94 valence electrons. The van der Waals surface area contributed by atoms with Crippen LogP contribution >= 0.6 is 0 Å². The van der Waals surface area contributed by atoms with Crippen molar-refractivity contribution >= 4 is 11.4 Å². The molecule has 0 saturated carbocycles. The van der Waals surface area contributed by atoms with Crippen LogP contribution in [0, 0.1) is 0 Å². The molecule has 3 rings (SSSR count). The average Bonchev–Trinajstić information content (AvgIpc) is 2.94. The highest BCUT2D eigenvalue weighted by Gasteiger charge is 2.14. The molecule has 1 fully saturated rings. The highest BCUT2D eigenvalue weighted by atomic mass is 15.1. The zero-order valence-electron chi connectivity index (χ0n) is 10.4. The van der Waals surface area contributed by atoms with Gasteiger partial charge in [0, 0.05) is 31.2 Å². The summed E-state index contributed by atoms with van der Waals surface area (Å²) in [5.41, 5.74) is 9.24. The second kappa shape index (κ2) is 4.72. The molecule has 1 saturated heterocycles. The summed E-state index contributed by atoms with van der Waals surface area (Å²) in [4.78, 5) is 6.47. The molecule has 18 heavy (non-hydrogen) atoms. The number of rotatable bonds is 2. The van der Waals surface area contributed by atoms with Crippen molar-refractivity contribution in [2.45, 2.75) is 19.3 Å². The van der Waals surface area contributed by atoms with Crippen LogP contribution in [0.1, 0.15) is 19.3 Å². The third-order valence-corrected chi connectivity index (χ3v) is 3.51. The third-order valence-electron chi connectivity index (χ3n) is 3.51. The van der Waals surface area contributed by atoms with Gasteiger partial charge in [-0.05, 0) is 37.5 Å². The summed E-state index contributed by atoms with van der Waals surface area (Å²) in [6.45, 7) is 2.22. The average molecular weight is 242 g/mol. The van der Waals surface area contributed by atoms with Crippen molar-refractivity contribution in [1.82, 2.24) is 9.55 Å². The Morgan fingerprint density at radius 1 is 1.11 bits per heavy atom. The topological polar surface area (TPSA) is 47.1 Å². The number of benzene rings is 1. The quantitative estimate of drug-likeness (QED) is 0.823. The Morgan fingerprint density at radius 2 is 1.94 bits per heavy atom. The summed E-state index contributed by atoms with van der Waals surface area (Å²) in [7, 11) is 0. The van der Waals surface area contributed by atoms with Crippen LogP contribution in [0.2, 0.25) is 0 Å². The van der Waals surface area contributed by atoms with Crippen LogP contribution in [0.4, 0.5) is 11.4 Å². The van der Waals surface area contributed by atoms with Gasteiger partial charge in [0.1, 0.15) is 0 Å². The highest BCUT2D eigenvalue weighted by Crippen LogP contribution is 2.28. The van der Waals surface area contributed by atoms with Gasteiger partial charge >= 0.3 is 0 Å². The fraction of sp³-hybridized carbons (Fsp3) is 0.357. The lowest BCUT2D eigenvalue weighted by atomic mass is 10.1. The van der Waals surface area contributed by atoms with Crippen molar-refractivity contribution in [1.29, 1.82) is 0 Å². The number of nitrogens with two attached hydrogens (primary N) is 1. The van der Waals surface area contributed by atoms with Crippen molar-refractivity contribution in [2.75, 3.05) is 23.7 Å². The molecule has 4 nitrogen and oxygen atoms in total. The number of hydrogen-bond acceptors (Lipinski definition) is 3. The molecule has 1 aliphatic rings. The maximum atomic E-state index is 6.11. The van der Waals surface area contributed by atoms with E-state index >= 15 is 0 Å². The van der Waals surface area contributed by atoms with Crippen LogP contribution in [-0.2, 0) is 0 Å². The molecule has 4 heteroatoms. The molecule has 1 aromatic heterocycles. The van der Waals surface area contributed by atoms with Gasteiger partial charge in [-0.25, -0.2) is 4.98 Å². The molecule has 0 aliphatic carbocycles. The van der Waals surface area contributed by atoms with Crippen LogP contribution in [0.15, 0.2) is 36.9 Å². The van der Waals surface area contributed by atoms with E-state index in [2.05, 4.69) is 16.0 Å². The Kier molecular flexibility index (Phi) is 2.92. The first-order valence-electron chi connectivity index (χ1n) is 6.47. The summed E-state index contributed by atoms with van der Waals surface area (Å²) >= 11 is 0. The summed E-state index contributed by atoms with van der Waals surface area (Å²) in [6, 6.07) is 6.17. The van der Waals surface area contributed by atoms with E-state index in [-0.39, 0.29) is 0 Å². The molecule has 0 bridgehead atoms. The predicted molar refractivity (Wildman–Crippen MR) is 74.0 cm³/mol. The minimum Gasteiger partial charge on any atom is -0.397 e. The number of imidazole rings is 1. The Morgan fingerprint density at radius 3 is 2.67 bits per heavy atom. The smallest absolute Gasteiger partial charge is 0.0991 e. The fourth-order valence-electron chi connectivity index (χ4n) is 2.51. The molecule has 0 unspecified atom stereocenters. The van der Waals surface area contributed by atoms with Crippen molar-refractivity contribution in [3.63, 3.8) is 0 Å². The molecule has 1 aromatic carbocycles.